The monoisotopic (exact) mass is 203 g/mol. The minimum atomic E-state index is -0.154. The highest BCUT2D eigenvalue weighted by atomic mass is 32.2. The molecule has 0 aliphatic rings. The van der Waals surface area contributed by atoms with Crippen molar-refractivity contribution in [2.24, 2.45) is 0 Å². The molecular formula is C10H5NO2S. The maximum absolute atomic E-state index is 11.7. The van der Waals surface area contributed by atoms with Gasteiger partial charge in [-0.15, -0.1) is 0 Å². The Balaban J connectivity index is 2.77. The lowest BCUT2D eigenvalue weighted by molar-refractivity contribution is 0.587. The molecule has 0 unspecified atom stereocenters. The average Bonchev–Trinajstić information content (AvgIpc) is 2.23. The van der Waals surface area contributed by atoms with E-state index in [0.717, 1.165) is 11.8 Å². The Kier molecular flexibility index (Phi) is 2.25. The molecule has 0 aliphatic carbocycles. The molecule has 14 heavy (non-hydrogen) atoms. The second-order valence-electron chi connectivity index (χ2n) is 2.62. The lowest BCUT2D eigenvalue weighted by Crippen LogP contribution is -2.02. The maximum Gasteiger partial charge on any atom is 0.207 e. The van der Waals surface area contributed by atoms with Crippen molar-refractivity contribution in [3.8, 4) is 5.40 Å². The van der Waals surface area contributed by atoms with E-state index < -0.39 is 0 Å². The molecule has 1 aromatic heterocycles. The lowest BCUT2D eigenvalue weighted by atomic mass is 10.2. The van der Waals surface area contributed by atoms with Gasteiger partial charge in [0.2, 0.25) is 5.43 Å². The van der Waals surface area contributed by atoms with Crippen molar-refractivity contribution in [2.45, 2.75) is 4.90 Å². The predicted molar refractivity (Wildman–Crippen MR) is 54.0 cm³/mol. The van der Waals surface area contributed by atoms with E-state index in [1.807, 2.05) is 5.40 Å². The van der Waals surface area contributed by atoms with Gasteiger partial charge in [0.25, 0.3) is 0 Å². The van der Waals surface area contributed by atoms with E-state index in [2.05, 4.69) is 0 Å². The summed E-state index contributed by atoms with van der Waals surface area (Å²) >= 11 is 0.816. The third-order valence-corrected chi connectivity index (χ3v) is 2.40. The number of thiocyanates is 1. The molecule has 0 aliphatic heterocycles. The second kappa shape index (κ2) is 3.56. The summed E-state index contributed by atoms with van der Waals surface area (Å²) in [7, 11) is 0. The number of fused-ring (bicyclic) bond motifs is 1. The molecule has 1 aromatic carbocycles. The van der Waals surface area contributed by atoms with E-state index in [1.165, 1.54) is 6.26 Å². The quantitative estimate of drug-likeness (QED) is 0.527. The third kappa shape index (κ3) is 1.38. The van der Waals surface area contributed by atoms with Gasteiger partial charge >= 0.3 is 0 Å². The summed E-state index contributed by atoms with van der Waals surface area (Å²) in [5, 5.41) is 10.8. The maximum atomic E-state index is 11.7. The van der Waals surface area contributed by atoms with Crippen LogP contribution in [0.4, 0.5) is 0 Å². The average molecular weight is 203 g/mol. The smallest absolute Gasteiger partial charge is 0.207 e. The first-order valence-electron chi connectivity index (χ1n) is 3.89. The van der Waals surface area contributed by atoms with Gasteiger partial charge in [-0.1, -0.05) is 12.1 Å². The van der Waals surface area contributed by atoms with Crippen molar-refractivity contribution >= 4 is 22.7 Å². The van der Waals surface area contributed by atoms with Crippen LogP contribution in [0, 0.1) is 10.7 Å². The largest absolute Gasteiger partial charge is 0.463 e. The van der Waals surface area contributed by atoms with Crippen molar-refractivity contribution < 1.29 is 4.42 Å². The highest BCUT2D eigenvalue weighted by Crippen LogP contribution is 2.16. The van der Waals surface area contributed by atoms with E-state index in [0.29, 0.717) is 15.9 Å². The number of para-hydroxylation sites is 1. The summed E-state index contributed by atoms with van der Waals surface area (Å²) in [5.74, 6) is 0. The van der Waals surface area contributed by atoms with Crippen LogP contribution >= 0.6 is 11.8 Å². The molecule has 0 saturated heterocycles. The number of rotatable bonds is 1. The Morgan fingerprint density at radius 3 is 2.93 bits per heavy atom. The molecule has 0 saturated carbocycles. The number of thioether (sulfide) groups is 1. The minimum absolute atomic E-state index is 0.154. The van der Waals surface area contributed by atoms with Gasteiger partial charge in [0, 0.05) is 0 Å². The number of hydrogen-bond donors (Lipinski definition) is 0. The fourth-order valence-electron chi connectivity index (χ4n) is 1.18. The first kappa shape index (κ1) is 8.85. The van der Waals surface area contributed by atoms with Crippen LogP contribution in [-0.2, 0) is 0 Å². The van der Waals surface area contributed by atoms with Gasteiger partial charge in [-0.3, -0.25) is 4.79 Å². The van der Waals surface area contributed by atoms with E-state index in [-0.39, 0.29) is 5.43 Å². The van der Waals surface area contributed by atoms with Crippen molar-refractivity contribution in [3.05, 3.63) is 40.8 Å². The number of nitriles is 1. The summed E-state index contributed by atoms with van der Waals surface area (Å²) in [6.07, 6.45) is 1.32. The zero-order valence-electron chi connectivity index (χ0n) is 7.06. The zero-order chi connectivity index (χ0) is 9.97. The molecule has 0 spiro atoms. The molecule has 2 rings (SSSR count). The van der Waals surface area contributed by atoms with Gasteiger partial charge in [-0.25, -0.2) is 0 Å². The van der Waals surface area contributed by atoms with Gasteiger partial charge in [0.1, 0.15) is 22.1 Å². The summed E-state index contributed by atoms with van der Waals surface area (Å²) in [6, 6.07) is 6.96. The highest BCUT2D eigenvalue weighted by molar-refractivity contribution is 8.03. The topological polar surface area (TPSA) is 54.0 Å². The fourth-order valence-corrected chi connectivity index (χ4v) is 1.58. The molecule has 1 heterocycles. The van der Waals surface area contributed by atoms with Crippen LogP contribution in [0.5, 0.6) is 0 Å². The molecule has 0 atom stereocenters. The molecule has 2 aromatic rings. The SMILES string of the molecule is N#CSc1coc2ccccc2c1=O. The molecule has 0 amide bonds. The predicted octanol–water partition coefficient (Wildman–Crippen LogP) is 2.37. The van der Waals surface area contributed by atoms with E-state index in [9.17, 15) is 4.79 Å². The second-order valence-corrected chi connectivity index (χ2v) is 3.45. The van der Waals surface area contributed by atoms with E-state index in [4.69, 9.17) is 9.68 Å². The minimum Gasteiger partial charge on any atom is -0.463 e. The molecule has 68 valence electrons. The summed E-state index contributed by atoms with van der Waals surface area (Å²) in [4.78, 5) is 12.0. The lowest BCUT2D eigenvalue weighted by Gasteiger charge is -1.96. The summed E-state index contributed by atoms with van der Waals surface area (Å²) in [5.41, 5.74) is 0.387. The van der Waals surface area contributed by atoms with Crippen molar-refractivity contribution in [1.82, 2.24) is 0 Å². The Morgan fingerprint density at radius 1 is 1.36 bits per heavy atom. The summed E-state index contributed by atoms with van der Waals surface area (Å²) < 4.78 is 5.20. The van der Waals surface area contributed by atoms with Gasteiger partial charge in [0.15, 0.2) is 0 Å². The van der Waals surface area contributed by atoms with Crippen molar-refractivity contribution in [3.63, 3.8) is 0 Å². The van der Waals surface area contributed by atoms with Crippen LogP contribution < -0.4 is 5.43 Å². The van der Waals surface area contributed by atoms with Gasteiger partial charge in [0.05, 0.1) is 5.39 Å². The first-order valence-corrected chi connectivity index (χ1v) is 4.71. The van der Waals surface area contributed by atoms with Gasteiger partial charge in [-0.05, 0) is 23.9 Å². The first-order chi connectivity index (χ1) is 6.83. The Bertz CT molecular complexity index is 568. The Hall–Kier alpha value is -1.73. The van der Waals surface area contributed by atoms with E-state index in [1.54, 1.807) is 24.3 Å². The van der Waals surface area contributed by atoms with Crippen LogP contribution in [0.15, 0.2) is 44.6 Å². The molecule has 4 heteroatoms. The number of benzene rings is 1. The molecule has 0 N–H and O–H groups in total. The van der Waals surface area contributed by atoms with Crippen molar-refractivity contribution in [2.75, 3.05) is 0 Å². The summed E-state index contributed by atoms with van der Waals surface area (Å²) in [6.45, 7) is 0. The molecular weight excluding hydrogens is 198 g/mol. The zero-order valence-corrected chi connectivity index (χ0v) is 7.88. The molecule has 0 radical (unpaired) electrons. The van der Waals surface area contributed by atoms with Gasteiger partial charge < -0.3 is 4.42 Å². The Labute approximate surface area is 84.0 Å². The molecule has 0 fully saturated rings. The molecule has 3 nitrogen and oxygen atoms in total. The number of nitrogens with zero attached hydrogens (tertiary/aromatic N) is 1. The van der Waals surface area contributed by atoms with Crippen LogP contribution in [0.2, 0.25) is 0 Å². The number of hydrogen-bond acceptors (Lipinski definition) is 4. The standard InChI is InChI=1S/C10H5NO2S/c11-6-14-9-5-13-8-4-2-1-3-7(8)10(9)12/h1-5H. The third-order valence-electron chi connectivity index (χ3n) is 1.80. The Morgan fingerprint density at radius 2 is 2.14 bits per heavy atom. The highest BCUT2D eigenvalue weighted by Gasteiger charge is 2.05. The van der Waals surface area contributed by atoms with Crippen molar-refractivity contribution in [1.29, 1.82) is 5.26 Å². The fraction of sp³-hybridized carbons (Fsp3) is 0. The van der Waals surface area contributed by atoms with Crippen LogP contribution in [0.25, 0.3) is 11.0 Å². The van der Waals surface area contributed by atoms with E-state index >= 15 is 0 Å². The van der Waals surface area contributed by atoms with Crippen LogP contribution in [0.1, 0.15) is 0 Å². The normalized spacial score (nSPS) is 9.93. The van der Waals surface area contributed by atoms with Crippen LogP contribution in [0.3, 0.4) is 0 Å². The van der Waals surface area contributed by atoms with Gasteiger partial charge in [-0.2, -0.15) is 5.26 Å². The van der Waals surface area contributed by atoms with Crippen LogP contribution in [-0.4, -0.2) is 0 Å². The molecule has 0 bridgehead atoms.